The molecule has 1 saturated heterocycles. The highest BCUT2D eigenvalue weighted by molar-refractivity contribution is 7.85. The fraction of sp³-hybridized carbons (Fsp3) is 0.872. The third-order valence-electron chi connectivity index (χ3n) is 15.4. The molecule has 4 saturated carbocycles. The first-order valence-electron chi connectivity index (χ1n) is 18.8. The van der Waals surface area contributed by atoms with Crippen molar-refractivity contribution in [1.82, 2.24) is 10.2 Å². The van der Waals surface area contributed by atoms with Crippen molar-refractivity contribution in [3.8, 4) is 0 Å². The summed E-state index contributed by atoms with van der Waals surface area (Å²) in [6.07, 6.45) is 19.6. The van der Waals surface area contributed by atoms with Gasteiger partial charge in [0.15, 0.2) is 0 Å². The van der Waals surface area contributed by atoms with Gasteiger partial charge in [-0.2, -0.15) is 0 Å². The van der Waals surface area contributed by atoms with Crippen LogP contribution in [0.4, 0.5) is 4.39 Å². The van der Waals surface area contributed by atoms with E-state index in [0.29, 0.717) is 46.8 Å². The molecule has 5 fully saturated rings. The van der Waals surface area contributed by atoms with Crippen LogP contribution in [-0.4, -0.2) is 59.4 Å². The highest BCUT2D eigenvalue weighted by atomic mass is 32.2. The van der Waals surface area contributed by atoms with Gasteiger partial charge in [-0.25, -0.2) is 0 Å². The molecule has 8 unspecified atom stereocenters. The molecule has 0 aromatic carbocycles. The predicted molar refractivity (Wildman–Crippen MR) is 185 cm³/mol. The third kappa shape index (κ3) is 5.56. The van der Waals surface area contributed by atoms with Crippen LogP contribution in [0.1, 0.15) is 118 Å². The Kier molecular flexibility index (Phi) is 9.88. The van der Waals surface area contributed by atoms with Gasteiger partial charge in [-0.05, 0) is 134 Å². The van der Waals surface area contributed by atoms with E-state index in [9.17, 15) is 13.4 Å². The van der Waals surface area contributed by atoms with E-state index in [-0.39, 0.29) is 17.5 Å². The van der Waals surface area contributed by atoms with Crippen LogP contribution in [0.3, 0.4) is 0 Å². The van der Waals surface area contributed by atoms with Crippen LogP contribution in [0.15, 0.2) is 23.3 Å². The van der Waals surface area contributed by atoms with Crippen LogP contribution in [0.2, 0.25) is 0 Å². The zero-order chi connectivity index (χ0) is 32.0. The summed E-state index contributed by atoms with van der Waals surface area (Å²) < 4.78 is 25.0. The number of allylic oxidation sites excluding steroid dienone is 4. The summed E-state index contributed by atoms with van der Waals surface area (Å²) in [7, 11) is -0.657. The van der Waals surface area contributed by atoms with Gasteiger partial charge in [-0.1, -0.05) is 53.2 Å². The maximum Gasteiger partial charge on any atom is 0.226 e. The Hall–Kier alpha value is -1.01. The number of nitrogens with one attached hydrogen (secondary N) is 1. The SMILES string of the molecule is CC/C=C(\CCCF)C1=CCC2(C)C(CCC3(C)C2CCC2C4CCCC4(C(=O)NCCN4CCS(=O)CC4)CC[C@]23C)C1C. The average molecular weight is 643 g/mol. The van der Waals surface area contributed by atoms with Gasteiger partial charge in [-0.3, -0.25) is 18.3 Å². The Morgan fingerprint density at radius 3 is 2.53 bits per heavy atom. The number of rotatable bonds is 9. The molecule has 0 aromatic rings. The van der Waals surface area contributed by atoms with E-state index in [1.165, 1.54) is 56.1 Å². The van der Waals surface area contributed by atoms with Gasteiger partial charge in [0.1, 0.15) is 0 Å². The molecule has 0 spiro atoms. The number of halogens is 1. The number of fused-ring (bicyclic) bond motifs is 7. The number of carbonyl (C=O) groups is 1. The molecule has 4 nitrogen and oxygen atoms in total. The molecule has 5 aliphatic carbocycles. The molecule has 6 aliphatic rings. The number of carbonyl (C=O) groups excluding carboxylic acids is 1. The van der Waals surface area contributed by atoms with E-state index in [1.807, 2.05) is 0 Å². The zero-order valence-corrected chi connectivity index (χ0v) is 30.1. The molecule has 0 bridgehead atoms. The Balaban J connectivity index is 1.19. The summed E-state index contributed by atoms with van der Waals surface area (Å²) in [5, 5.41) is 3.44. The first kappa shape index (κ1) is 33.9. The van der Waals surface area contributed by atoms with Crippen molar-refractivity contribution in [1.29, 1.82) is 0 Å². The lowest BCUT2D eigenvalue weighted by molar-refractivity contribution is -0.218. The standard InChI is InChI=1S/C39H63FN2O2S/c1-6-9-29(10-8-21-40)30-14-17-36(3)31(28(30)2)15-18-38(5)34(36)13-12-32-33-11-7-16-39(33,20-19-37(32,38)4)35(43)41-22-23-42-24-26-45(44)27-25-42/h9,14,28,31-34H,6-8,10-13,15-27H2,1-5H3,(H,41,43)/b29-9+/t28?,31?,32?,33?,34?,36?,37-,38?,39?/m1/s1. The highest BCUT2D eigenvalue weighted by Gasteiger charge is 2.69. The van der Waals surface area contributed by atoms with Crippen molar-refractivity contribution in [3.05, 3.63) is 23.3 Å². The van der Waals surface area contributed by atoms with Crippen LogP contribution >= 0.6 is 0 Å². The number of hydrogen-bond donors (Lipinski definition) is 1. The smallest absolute Gasteiger partial charge is 0.226 e. The summed E-state index contributed by atoms with van der Waals surface area (Å²) in [6.45, 7) is 15.9. The van der Waals surface area contributed by atoms with Crippen LogP contribution in [-0.2, 0) is 15.6 Å². The second-order valence-electron chi connectivity index (χ2n) is 16.9. The lowest BCUT2D eigenvalue weighted by Crippen LogP contribution is -2.65. The van der Waals surface area contributed by atoms with Crippen molar-refractivity contribution < 1.29 is 13.4 Å². The van der Waals surface area contributed by atoms with E-state index in [0.717, 1.165) is 75.7 Å². The van der Waals surface area contributed by atoms with Crippen LogP contribution in [0.5, 0.6) is 0 Å². The minimum absolute atomic E-state index is 0.170. The lowest BCUT2D eigenvalue weighted by Gasteiger charge is -2.71. The van der Waals surface area contributed by atoms with Crippen LogP contribution in [0.25, 0.3) is 0 Å². The molecule has 1 aliphatic heterocycles. The minimum atomic E-state index is -0.657. The molecule has 1 amide bonds. The third-order valence-corrected chi connectivity index (χ3v) is 16.7. The van der Waals surface area contributed by atoms with Crippen LogP contribution < -0.4 is 5.32 Å². The maximum absolute atomic E-state index is 14.1. The fourth-order valence-electron chi connectivity index (χ4n) is 12.9. The molecule has 254 valence electrons. The summed E-state index contributed by atoms with van der Waals surface area (Å²) in [5.74, 6) is 5.01. The Morgan fingerprint density at radius 2 is 1.80 bits per heavy atom. The van der Waals surface area contributed by atoms with Gasteiger partial charge < -0.3 is 5.32 Å². The topological polar surface area (TPSA) is 49.4 Å². The van der Waals surface area contributed by atoms with E-state index in [2.05, 4.69) is 57.0 Å². The van der Waals surface area contributed by atoms with Crippen molar-refractivity contribution >= 4 is 16.7 Å². The quantitative estimate of drug-likeness (QED) is 0.276. The van der Waals surface area contributed by atoms with E-state index >= 15 is 0 Å². The second kappa shape index (κ2) is 13.1. The van der Waals surface area contributed by atoms with Crippen molar-refractivity contribution in [2.75, 3.05) is 44.4 Å². The molecule has 45 heavy (non-hydrogen) atoms. The molecule has 6 heteroatoms. The highest BCUT2D eigenvalue weighted by Crippen LogP contribution is 2.76. The van der Waals surface area contributed by atoms with Gasteiger partial charge in [0, 0.05) is 48.5 Å². The molecule has 6 rings (SSSR count). The Bertz CT molecular complexity index is 1190. The monoisotopic (exact) mass is 642 g/mol. The average Bonchev–Trinajstić information content (AvgIpc) is 3.46. The molecule has 0 aromatic heterocycles. The number of hydrogen-bond acceptors (Lipinski definition) is 3. The van der Waals surface area contributed by atoms with Crippen molar-refractivity contribution in [3.63, 3.8) is 0 Å². The number of amides is 1. The lowest BCUT2D eigenvalue weighted by atomic mass is 9.33. The second-order valence-corrected chi connectivity index (χ2v) is 18.6. The molecule has 0 radical (unpaired) electrons. The van der Waals surface area contributed by atoms with E-state index < -0.39 is 10.8 Å². The van der Waals surface area contributed by atoms with Gasteiger partial charge in [-0.15, -0.1) is 0 Å². The molecular weight excluding hydrogens is 580 g/mol. The Morgan fingerprint density at radius 1 is 1.02 bits per heavy atom. The zero-order valence-electron chi connectivity index (χ0n) is 29.2. The first-order chi connectivity index (χ1) is 21.5. The minimum Gasteiger partial charge on any atom is -0.354 e. The van der Waals surface area contributed by atoms with Crippen LogP contribution in [0, 0.1) is 51.2 Å². The summed E-state index contributed by atoms with van der Waals surface area (Å²) in [5.41, 5.74) is 3.69. The van der Waals surface area contributed by atoms with E-state index in [1.54, 1.807) is 0 Å². The van der Waals surface area contributed by atoms with Gasteiger partial charge >= 0.3 is 0 Å². The predicted octanol–water partition coefficient (Wildman–Crippen LogP) is 8.25. The fourth-order valence-corrected chi connectivity index (χ4v) is 14.0. The largest absolute Gasteiger partial charge is 0.354 e. The van der Waals surface area contributed by atoms with Gasteiger partial charge in [0.2, 0.25) is 5.91 Å². The van der Waals surface area contributed by atoms with Gasteiger partial charge in [0.05, 0.1) is 12.1 Å². The maximum atomic E-state index is 14.1. The Labute approximate surface area is 276 Å². The molecule has 1 N–H and O–H groups in total. The molecule has 9 atom stereocenters. The number of nitrogens with zero attached hydrogens (tertiary/aromatic N) is 1. The molecule has 1 heterocycles. The summed E-state index contributed by atoms with van der Waals surface area (Å²) >= 11 is 0. The summed E-state index contributed by atoms with van der Waals surface area (Å²) in [4.78, 5) is 16.5. The summed E-state index contributed by atoms with van der Waals surface area (Å²) in [6, 6.07) is 0. The van der Waals surface area contributed by atoms with E-state index in [4.69, 9.17) is 0 Å². The normalized spacial score (nSPS) is 43.9. The molecular formula is C39H63FN2O2S. The van der Waals surface area contributed by atoms with Crippen molar-refractivity contribution in [2.45, 2.75) is 118 Å². The number of alkyl halides is 1. The van der Waals surface area contributed by atoms with Crippen molar-refractivity contribution in [2.24, 2.45) is 51.2 Å². The first-order valence-corrected chi connectivity index (χ1v) is 20.3. The van der Waals surface area contributed by atoms with Gasteiger partial charge in [0.25, 0.3) is 0 Å².